The second kappa shape index (κ2) is 9.99. The lowest BCUT2D eigenvalue weighted by atomic mass is 9.97. The molecule has 0 atom stereocenters. The molecule has 4 rings (SSSR count). The van der Waals surface area contributed by atoms with Gasteiger partial charge in [-0.2, -0.15) is 0 Å². The Morgan fingerprint density at radius 1 is 0.806 bits per heavy atom. The van der Waals surface area contributed by atoms with Crippen LogP contribution >= 0.6 is 0 Å². The Morgan fingerprint density at radius 2 is 1.32 bits per heavy atom. The predicted molar refractivity (Wildman–Crippen MR) is 122 cm³/mol. The zero-order valence-electron chi connectivity index (χ0n) is 18.4. The van der Waals surface area contributed by atoms with Gasteiger partial charge in [0.1, 0.15) is 5.75 Å². The zero-order valence-corrected chi connectivity index (χ0v) is 18.4. The van der Waals surface area contributed by atoms with Crippen molar-refractivity contribution >= 4 is 11.8 Å². The molecule has 31 heavy (non-hydrogen) atoms. The summed E-state index contributed by atoms with van der Waals surface area (Å²) < 4.78 is 5.98. The summed E-state index contributed by atoms with van der Waals surface area (Å²) in [4.78, 5) is 29.0. The molecule has 2 aliphatic rings. The number of hydrogen-bond donors (Lipinski definition) is 0. The largest absolute Gasteiger partial charge is 0.493 e. The minimum absolute atomic E-state index is 0.116. The van der Waals surface area contributed by atoms with E-state index in [1.807, 2.05) is 58.3 Å². The quantitative estimate of drug-likeness (QED) is 0.695. The third-order valence-electron chi connectivity index (χ3n) is 6.49. The first-order valence-electron chi connectivity index (χ1n) is 11.5. The smallest absolute Gasteiger partial charge is 0.253 e. The number of piperidine rings is 1. The third kappa shape index (κ3) is 5.27. The lowest BCUT2D eigenvalue weighted by Gasteiger charge is -2.32. The first-order chi connectivity index (χ1) is 15.1. The van der Waals surface area contributed by atoms with Crippen molar-refractivity contribution < 1.29 is 14.3 Å². The van der Waals surface area contributed by atoms with E-state index in [1.165, 1.54) is 5.56 Å². The van der Waals surface area contributed by atoms with Gasteiger partial charge in [0.25, 0.3) is 11.8 Å². The van der Waals surface area contributed by atoms with Gasteiger partial charge in [-0.15, -0.1) is 0 Å². The Labute approximate surface area is 185 Å². The fourth-order valence-corrected chi connectivity index (χ4v) is 4.38. The summed E-state index contributed by atoms with van der Waals surface area (Å²) in [5.41, 5.74) is 2.75. The molecule has 0 spiro atoms. The Kier molecular flexibility index (Phi) is 6.90. The lowest BCUT2D eigenvalue weighted by molar-refractivity contribution is 0.0660. The van der Waals surface area contributed by atoms with Crippen LogP contribution in [0, 0.1) is 5.92 Å². The average Bonchev–Trinajstić information content (AvgIpc) is 3.38. The molecule has 0 aromatic heterocycles. The summed E-state index contributed by atoms with van der Waals surface area (Å²) in [5.74, 6) is 1.48. The normalized spacial score (nSPS) is 17.1. The average molecular weight is 421 g/mol. The highest BCUT2D eigenvalue weighted by atomic mass is 16.5. The van der Waals surface area contributed by atoms with Crippen LogP contribution in [0.5, 0.6) is 5.75 Å². The van der Waals surface area contributed by atoms with Crippen LogP contribution < -0.4 is 4.74 Å². The van der Waals surface area contributed by atoms with E-state index in [2.05, 4.69) is 6.92 Å². The van der Waals surface area contributed by atoms with Gasteiger partial charge in [0.2, 0.25) is 0 Å². The van der Waals surface area contributed by atoms with Crippen molar-refractivity contribution in [2.75, 3.05) is 32.8 Å². The molecule has 2 amide bonds. The van der Waals surface area contributed by atoms with Gasteiger partial charge in [-0.05, 0) is 80.0 Å². The molecule has 0 N–H and O–H groups in total. The summed E-state index contributed by atoms with van der Waals surface area (Å²) >= 11 is 0. The lowest BCUT2D eigenvalue weighted by Crippen LogP contribution is -2.39. The van der Waals surface area contributed by atoms with Crippen LogP contribution in [-0.2, 0) is 6.42 Å². The van der Waals surface area contributed by atoms with Crippen molar-refractivity contribution in [1.29, 1.82) is 0 Å². The van der Waals surface area contributed by atoms with Gasteiger partial charge >= 0.3 is 0 Å². The van der Waals surface area contributed by atoms with E-state index in [4.69, 9.17) is 4.74 Å². The number of aryl methyl sites for hydroxylation is 1. The number of carbonyl (C=O) groups excluding carboxylic acids is 2. The molecule has 0 aliphatic carbocycles. The molecular formula is C26H32N2O3. The molecule has 0 saturated carbocycles. The molecule has 2 aromatic rings. The Morgan fingerprint density at radius 3 is 1.87 bits per heavy atom. The molecule has 2 fully saturated rings. The monoisotopic (exact) mass is 420 g/mol. The highest BCUT2D eigenvalue weighted by molar-refractivity contribution is 5.95. The number of hydrogen-bond acceptors (Lipinski definition) is 3. The van der Waals surface area contributed by atoms with Crippen LogP contribution in [0.2, 0.25) is 0 Å². The van der Waals surface area contributed by atoms with Gasteiger partial charge in [0, 0.05) is 37.3 Å². The molecule has 2 aliphatic heterocycles. The van der Waals surface area contributed by atoms with Gasteiger partial charge in [-0.3, -0.25) is 9.59 Å². The molecule has 0 radical (unpaired) electrons. The maximum atomic E-state index is 12.7. The first-order valence-corrected chi connectivity index (χ1v) is 11.5. The molecule has 5 heteroatoms. The van der Waals surface area contributed by atoms with E-state index in [1.54, 1.807) is 0 Å². The molecule has 0 unspecified atom stereocenters. The number of ether oxygens (including phenoxy) is 1. The van der Waals surface area contributed by atoms with Gasteiger partial charge in [-0.1, -0.05) is 19.1 Å². The summed E-state index contributed by atoms with van der Waals surface area (Å²) in [6.45, 7) is 6.03. The zero-order chi connectivity index (χ0) is 21.6. The van der Waals surface area contributed by atoms with Crippen molar-refractivity contribution in [1.82, 2.24) is 9.80 Å². The number of likely N-dealkylation sites (tertiary alicyclic amines) is 2. The fraction of sp³-hybridized carbons (Fsp3) is 0.462. The number of nitrogens with zero attached hydrogens (tertiary/aromatic N) is 2. The maximum absolute atomic E-state index is 12.7. The summed E-state index contributed by atoms with van der Waals surface area (Å²) in [7, 11) is 0. The SMILES string of the molecule is CCc1ccc(C(=O)N2CCC(COc3ccc(C(=O)N4CCCC4)cc3)CC2)cc1. The van der Waals surface area contributed by atoms with Crippen molar-refractivity contribution in [3.05, 3.63) is 65.2 Å². The second-order valence-corrected chi connectivity index (χ2v) is 8.62. The van der Waals surface area contributed by atoms with Crippen LogP contribution in [0.4, 0.5) is 0 Å². The number of benzene rings is 2. The number of rotatable bonds is 6. The van der Waals surface area contributed by atoms with Crippen LogP contribution in [0.25, 0.3) is 0 Å². The maximum Gasteiger partial charge on any atom is 0.253 e. The molecule has 5 nitrogen and oxygen atoms in total. The van der Waals surface area contributed by atoms with Gasteiger partial charge < -0.3 is 14.5 Å². The third-order valence-corrected chi connectivity index (χ3v) is 6.49. The van der Waals surface area contributed by atoms with E-state index in [0.717, 1.165) is 75.2 Å². The molecule has 164 valence electrons. The van der Waals surface area contributed by atoms with Gasteiger partial charge in [0.05, 0.1) is 6.61 Å². The predicted octanol–water partition coefficient (Wildman–Crippen LogP) is 4.42. The minimum atomic E-state index is 0.116. The summed E-state index contributed by atoms with van der Waals surface area (Å²) in [6.07, 6.45) is 5.08. The van der Waals surface area contributed by atoms with E-state index in [0.29, 0.717) is 12.5 Å². The molecule has 2 heterocycles. The summed E-state index contributed by atoms with van der Waals surface area (Å²) in [6, 6.07) is 15.5. The fourth-order valence-electron chi connectivity index (χ4n) is 4.38. The second-order valence-electron chi connectivity index (χ2n) is 8.62. The van der Waals surface area contributed by atoms with Gasteiger partial charge in [-0.25, -0.2) is 0 Å². The van der Waals surface area contributed by atoms with Gasteiger partial charge in [0.15, 0.2) is 0 Å². The van der Waals surface area contributed by atoms with Crippen LogP contribution in [0.3, 0.4) is 0 Å². The molecular weight excluding hydrogens is 388 g/mol. The Hall–Kier alpha value is -2.82. The van der Waals surface area contributed by atoms with Crippen molar-refractivity contribution in [3.63, 3.8) is 0 Å². The Balaban J connectivity index is 1.22. The van der Waals surface area contributed by atoms with Crippen LogP contribution in [0.1, 0.15) is 58.9 Å². The molecule has 2 aromatic carbocycles. The first kappa shape index (κ1) is 21.4. The van der Waals surface area contributed by atoms with Crippen molar-refractivity contribution in [3.8, 4) is 5.75 Å². The van der Waals surface area contributed by atoms with E-state index >= 15 is 0 Å². The highest BCUT2D eigenvalue weighted by Crippen LogP contribution is 2.22. The molecule has 0 bridgehead atoms. The number of carbonyl (C=O) groups is 2. The van der Waals surface area contributed by atoms with E-state index in [-0.39, 0.29) is 11.8 Å². The minimum Gasteiger partial charge on any atom is -0.493 e. The summed E-state index contributed by atoms with van der Waals surface area (Å²) in [5, 5.41) is 0. The molecule has 2 saturated heterocycles. The van der Waals surface area contributed by atoms with Crippen LogP contribution in [-0.4, -0.2) is 54.4 Å². The van der Waals surface area contributed by atoms with E-state index < -0.39 is 0 Å². The highest BCUT2D eigenvalue weighted by Gasteiger charge is 2.24. The van der Waals surface area contributed by atoms with Crippen LogP contribution in [0.15, 0.2) is 48.5 Å². The topological polar surface area (TPSA) is 49.9 Å². The van der Waals surface area contributed by atoms with Crippen molar-refractivity contribution in [2.45, 2.75) is 39.0 Å². The standard InChI is InChI=1S/C26H32N2O3/c1-2-20-5-7-22(8-6-20)26(30)28-17-13-21(14-18-28)19-31-24-11-9-23(10-12-24)25(29)27-15-3-4-16-27/h5-12,21H,2-4,13-19H2,1H3. The Bertz CT molecular complexity index is 878. The van der Waals surface area contributed by atoms with E-state index in [9.17, 15) is 9.59 Å². The van der Waals surface area contributed by atoms with Crippen molar-refractivity contribution in [2.24, 2.45) is 5.92 Å². The number of amides is 2.